The highest BCUT2D eigenvalue weighted by molar-refractivity contribution is 5.79. The Hall–Kier alpha value is -2.37. The van der Waals surface area contributed by atoms with Crippen LogP contribution in [0.2, 0.25) is 0 Å². The minimum atomic E-state index is -0.943. The number of benzene rings is 2. The molecule has 5 heteroatoms. The number of nitrogens with one attached hydrogen (secondary N) is 1. The minimum absolute atomic E-state index is 0.0390. The number of alkyl carbamates (subject to hydrolysis) is 1. The molecule has 2 N–H and O–H groups in total. The van der Waals surface area contributed by atoms with Crippen LogP contribution >= 0.6 is 0 Å². The van der Waals surface area contributed by atoms with E-state index in [9.17, 15) is 9.90 Å². The van der Waals surface area contributed by atoms with Gasteiger partial charge in [0.25, 0.3) is 0 Å². The predicted molar refractivity (Wildman–Crippen MR) is 112 cm³/mol. The molecule has 1 heterocycles. The van der Waals surface area contributed by atoms with Gasteiger partial charge in [0.15, 0.2) is 0 Å². The Morgan fingerprint density at radius 2 is 1.79 bits per heavy atom. The molecule has 1 unspecified atom stereocenters. The fraction of sp³-hybridized carbons (Fsp3) is 0.458. The second kappa shape index (κ2) is 7.81. The topological polar surface area (TPSA) is 67.8 Å². The summed E-state index contributed by atoms with van der Waals surface area (Å²) in [6.45, 7) is 5.48. The predicted octanol–water partition coefficient (Wildman–Crippen LogP) is 4.09. The number of hydrogen-bond donors (Lipinski definition) is 2. The molecule has 29 heavy (non-hydrogen) atoms. The summed E-state index contributed by atoms with van der Waals surface area (Å²) in [5.74, 6) is 0.0390. The van der Waals surface area contributed by atoms with E-state index in [0.717, 1.165) is 6.42 Å². The van der Waals surface area contributed by atoms with E-state index >= 15 is 0 Å². The van der Waals surface area contributed by atoms with Crippen LogP contribution in [0.1, 0.15) is 43.7 Å². The first-order valence-corrected chi connectivity index (χ1v) is 10.3. The van der Waals surface area contributed by atoms with Gasteiger partial charge in [0, 0.05) is 24.5 Å². The van der Waals surface area contributed by atoms with Crippen molar-refractivity contribution in [1.29, 1.82) is 0 Å². The molecule has 0 aromatic heterocycles. The van der Waals surface area contributed by atoms with E-state index in [1.165, 1.54) is 22.3 Å². The van der Waals surface area contributed by atoms with Crippen LogP contribution < -0.4 is 5.32 Å². The first-order chi connectivity index (χ1) is 13.9. The van der Waals surface area contributed by atoms with Gasteiger partial charge < -0.3 is 19.9 Å². The van der Waals surface area contributed by atoms with Gasteiger partial charge in [0.2, 0.25) is 0 Å². The first-order valence-electron chi connectivity index (χ1n) is 10.3. The van der Waals surface area contributed by atoms with Crippen molar-refractivity contribution in [2.75, 3.05) is 26.4 Å². The minimum Gasteiger partial charge on any atom is -0.449 e. The lowest BCUT2D eigenvalue weighted by Crippen LogP contribution is -2.55. The molecule has 2 aliphatic rings. The first kappa shape index (κ1) is 19.9. The van der Waals surface area contributed by atoms with Crippen LogP contribution in [0.15, 0.2) is 48.5 Å². The van der Waals surface area contributed by atoms with E-state index in [4.69, 9.17) is 9.47 Å². The van der Waals surface area contributed by atoms with E-state index in [0.29, 0.717) is 26.2 Å². The monoisotopic (exact) mass is 395 g/mol. The number of hydrogen-bond acceptors (Lipinski definition) is 4. The van der Waals surface area contributed by atoms with Crippen molar-refractivity contribution in [3.8, 4) is 11.1 Å². The van der Waals surface area contributed by atoms with Crippen LogP contribution in [0.3, 0.4) is 0 Å². The van der Waals surface area contributed by atoms with Gasteiger partial charge in [-0.3, -0.25) is 0 Å². The van der Waals surface area contributed by atoms with E-state index in [1.807, 2.05) is 38.1 Å². The number of carbonyl (C=O) groups excluding carboxylic acids is 1. The summed E-state index contributed by atoms with van der Waals surface area (Å²) in [4.78, 5) is 12.4. The maximum absolute atomic E-state index is 12.4. The Morgan fingerprint density at radius 1 is 1.17 bits per heavy atom. The highest BCUT2D eigenvalue weighted by atomic mass is 16.5. The number of ether oxygens (including phenoxy) is 2. The molecule has 0 spiro atoms. The zero-order valence-corrected chi connectivity index (χ0v) is 17.1. The Bertz CT molecular complexity index is 840. The lowest BCUT2D eigenvalue weighted by atomic mass is 9.72. The van der Waals surface area contributed by atoms with E-state index in [-0.39, 0.29) is 12.5 Å². The summed E-state index contributed by atoms with van der Waals surface area (Å²) in [6.07, 6.45) is 1.04. The second-order valence-electron chi connectivity index (χ2n) is 8.75. The molecule has 1 fully saturated rings. The maximum Gasteiger partial charge on any atom is 0.407 e. The summed E-state index contributed by atoms with van der Waals surface area (Å²) in [5, 5.41) is 13.8. The summed E-state index contributed by atoms with van der Waals surface area (Å²) >= 11 is 0. The van der Waals surface area contributed by atoms with Crippen molar-refractivity contribution < 1.29 is 19.4 Å². The SMILES string of the molecule is CC(C)(CNC(=O)OCC1c2ccccc2-c2ccccc21)C1(O)CCCOC1. The number of carbonyl (C=O) groups is 1. The van der Waals surface area contributed by atoms with Crippen molar-refractivity contribution in [3.05, 3.63) is 59.7 Å². The Labute approximate surface area is 172 Å². The van der Waals surface area contributed by atoms with Gasteiger partial charge in [-0.05, 0) is 35.1 Å². The molecule has 1 atom stereocenters. The van der Waals surface area contributed by atoms with Gasteiger partial charge in [0.05, 0.1) is 12.2 Å². The Kier molecular flexibility index (Phi) is 5.36. The number of fused-ring (bicyclic) bond motifs is 3. The molecule has 0 radical (unpaired) electrons. The molecule has 0 saturated carbocycles. The van der Waals surface area contributed by atoms with Gasteiger partial charge in [-0.25, -0.2) is 4.79 Å². The molecule has 1 amide bonds. The van der Waals surface area contributed by atoms with Gasteiger partial charge in [0.1, 0.15) is 6.61 Å². The molecule has 154 valence electrons. The third-order valence-corrected chi connectivity index (χ3v) is 6.50. The zero-order chi connectivity index (χ0) is 20.5. The smallest absolute Gasteiger partial charge is 0.407 e. The van der Waals surface area contributed by atoms with E-state index < -0.39 is 17.1 Å². The summed E-state index contributed by atoms with van der Waals surface area (Å²) in [5.41, 5.74) is 3.34. The molecule has 1 aliphatic heterocycles. The zero-order valence-electron chi connectivity index (χ0n) is 17.1. The highest BCUT2D eigenvalue weighted by Crippen LogP contribution is 2.44. The molecule has 1 saturated heterocycles. The van der Waals surface area contributed by atoms with Crippen molar-refractivity contribution in [3.63, 3.8) is 0 Å². The third kappa shape index (κ3) is 3.77. The van der Waals surface area contributed by atoms with Gasteiger partial charge in [-0.15, -0.1) is 0 Å². The summed E-state index contributed by atoms with van der Waals surface area (Å²) < 4.78 is 11.1. The fourth-order valence-corrected chi connectivity index (χ4v) is 4.42. The number of rotatable bonds is 5. The summed E-state index contributed by atoms with van der Waals surface area (Å²) in [6, 6.07) is 16.5. The lowest BCUT2D eigenvalue weighted by molar-refractivity contribution is -0.149. The average Bonchev–Trinajstić information content (AvgIpc) is 3.05. The molecule has 2 aromatic rings. The maximum atomic E-state index is 12.4. The fourth-order valence-electron chi connectivity index (χ4n) is 4.42. The molecule has 4 rings (SSSR count). The number of aliphatic hydroxyl groups is 1. The Balaban J connectivity index is 1.38. The van der Waals surface area contributed by atoms with Gasteiger partial charge >= 0.3 is 6.09 Å². The Morgan fingerprint density at radius 3 is 2.38 bits per heavy atom. The van der Waals surface area contributed by atoms with Crippen LogP contribution in [0.4, 0.5) is 4.79 Å². The largest absolute Gasteiger partial charge is 0.449 e. The quantitative estimate of drug-likeness (QED) is 0.800. The van der Waals surface area contributed by atoms with E-state index in [1.54, 1.807) is 0 Å². The molecule has 5 nitrogen and oxygen atoms in total. The van der Waals surface area contributed by atoms with Crippen LogP contribution in [0.25, 0.3) is 11.1 Å². The van der Waals surface area contributed by atoms with Crippen LogP contribution in [-0.2, 0) is 9.47 Å². The van der Waals surface area contributed by atoms with Crippen molar-refractivity contribution >= 4 is 6.09 Å². The van der Waals surface area contributed by atoms with Crippen molar-refractivity contribution in [1.82, 2.24) is 5.32 Å². The lowest BCUT2D eigenvalue weighted by Gasteiger charge is -2.44. The third-order valence-electron chi connectivity index (χ3n) is 6.50. The van der Waals surface area contributed by atoms with Gasteiger partial charge in [-0.1, -0.05) is 62.4 Å². The standard InChI is InChI=1S/C24H29NO4/c1-23(2,24(27)12-7-13-28-16-24)15-25-22(26)29-14-21-19-10-5-3-8-17(19)18-9-4-6-11-20(18)21/h3-6,8-11,21,27H,7,12-16H2,1-2H3,(H,25,26). The molecule has 0 bridgehead atoms. The molecular weight excluding hydrogens is 366 g/mol. The molecule has 1 aliphatic carbocycles. The van der Waals surface area contributed by atoms with Crippen LogP contribution in [0, 0.1) is 5.41 Å². The number of amides is 1. The average molecular weight is 395 g/mol. The van der Waals surface area contributed by atoms with Crippen molar-refractivity contribution in [2.24, 2.45) is 5.41 Å². The van der Waals surface area contributed by atoms with Crippen LogP contribution in [0.5, 0.6) is 0 Å². The van der Waals surface area contributed by atoms with E-state index in [2.05, 4.69) is 29.6 Å². The molecule has 2 aromatic carbocycles. The highest BCUT2D eigenvalue weighted by Gasteiger charge is 2.45. The van der Waals surface area contributed by atoms with Gasteiger partial charge in [-0.2, -0.15) is 0 Å². The second-order valence-corrected chi connectivity index (χ2v) is 8.75. The summed E-state index contributed by atoms with van der Waals surface area (Å²) in [7, 11) is 0. The molecular formula is C24H29NO4. The van der Waals surface area contributed by atoms with Crippen molar-refractivity contribution in [2.45, 2.75) is 38.2 Å². The van der Waals surface area contributed by atoms with Crippen LogP contribution in [-0.4, -0.2) is 43.2 Å². The normalized spacial score (nSPS) is 21.3.